The molecule has 1 aromatic rings. The van der Waals surface area contributed by atoms with Gasteiger partial charge in [0.1, 0.15) is 5.82 Å². The molecule has 2 rings (SSSR count). The molecule has 3 nitrogen and oxygen atoms in total. The van der Waals surface area contributed by atoms with Crippen LogP contribution in [0.3, 0.4) is 0 Å². The minimum Gasteiger partial charge on any atom is -0.360 e. The number of pyridine rings is 1. The molecule has 1 fully saturated rings. The van der Waals surface area contributed by atoms with E-state index in [1.54, 1.807) is 0 Å². The predicted octanol–water partition coefficient (Wildman–Crippen LogP) is 3.47. The van der Waals surface area contributed by atoms with Crippen molar-refractivity contribution >= 4 is 5.82 Å². The van der Waals surface area contributed by atoms with Gasteiger partial charge in [-0.3, -0.25) is 4.90 Å². The second kappa shape index (κ2) is 6.90. The number of anilines is 1. The molecule has 0 amide bonds. The van der Waals surface area contributed by atoms with E-state index in [0.29, 0.717) is 6.04 Å². The molecule has 1 aromatic heterocycles. The van der Waals surface area contributed by atoms with Gasteiger partial charge in [0.2, 0.25) is 0 Å². The highest BCUT2D eigenvalue weighted by molar-refractivity contribution is 5.47. The van der Waals surface area contributed by atoms with Crippen LogP contribution in [-0.4, -0.2) is 36.6 Å². The third-order valence-electron chi connectivity index (χ3n) is 4.14. The number of piperidine rings is 1. The first-order chi connectivity index (χ1) is 9.27. The molecule has 0 unspecified atom stereocenters. The number of likely N-dealkylation sites (tertiary alicyclic amines) is 1. The molecule has 1 aliphatic rings. The molecule has 0 aliphatic carbocycles. The molecule has 0 aromatic carbocycles. The predicted molar refractivity (Wildman–Crippen MR) is 81.6 cm³/mol. The standard InChI is InChI=1S/C16H27N3/c1-4-12-19-13-7-6-10-15(19)14-9-8-11-17-16(14)18(3)5-2/h8-9,11,15H,4-7,10,12-13H2,1-3H3/t15-/m0/s1. The van der Waals surface area contributed by atoms with E-state index < -0.39 is 0 Å². The topological polar surface area (TPSA) is 19.4 Å². The summed E-state index contributed by atoms with van der Waals surface area (Å²) in [6.45, 7) is 7.90. The minimum atomic E-state index is 0.561. The Morgan fingerprint density at radius 2 is 2.21 bits per heavy atom. The SMILES string of the molecule is CCCN1CCCC[C@H]1c1cccnc1N(C)CC. The molecular weight excluding hydrogens is 234 g/mol. The highest BCUT2D eigenvalue weighted by Gasteiger charge is 2.26. The number of aromatic nitrogens is 1. The highest BCUT2D eigenvalue weighted by atomic mass is 15.2. The van der Waals surface area contributed by atoms with Crippen molar-refractivity contribution in [2.75, 3.05) is 31.6 Å². The van der Waals surface area contributed by atoms with Crippen LogP contribution in [0.15, 0.2) is 18.3 Å². The monoisotopic (exact) mass is 261 g/mol. The van der Waals surface area contributed by atoms with Gasteiger partial charge in [-0.15, -0.1) is 0 Å². The quantitative estimate of drug-likeness (QED) is 0.809. The fourth-order valence-corrected chi connectivity index (χ4v) is 3.04. The van der Waals surface area contributed by atoms with E-state index in [-0.39, 0.29) is 0 Å². The lowest BCUT2D eigenvalue weighted by atomic mass is 9.95. The lowest BCUT2D eigenvalue weighted by molar-refractivity contribution is 0.149. The van der Waals surface area contributed by atoms with Crippen LogP contribution in [-0.2, 0) is 0 Å². The maximum Gasteiger partial charge on any atom is 0.133 e. The zero-order chi connectivity index (χ0) is 13.7. The van der Waals surface area contributed by atoms with Gasteiger partial charge in [0.15, 0.2) is 0 Å². The van der Waals surface area contributed by atoms with E-state index in [1.165, 1.54) is 44.3 Å². The van der Waals surface area contributed by atoms with Crippen molar-refractivity contribution in [1.29, 1.82) is 0 Å². The maximum absolute atomic E-state index is 4.62. The van der Waals surface area contributed by atoms with Crippen molar-refractivity contribution in [3.8, 4) is 0 Å². The van der Waals surface area contributed by atoms with Crippen LogP contribution >= 0.6 is 0 Å². The zero-order valence-electron chi connectivity index (χ0n) is 12.6. The van der Waals surface area contributed by atoms with E-state index >= 15 is 0 Å². The first kappa shape index (κ1) is 14.3. The fraction of sp³-hybridized carbons (Fsp3) is 0.688. The molecule has 0 spiro atoms. The molecule has 1 saturated heterocycles. The summed E-state index contributed by atoms with van der Waals surface area (Å²) in [5, 5.41) is 0. The van der Waals surface area contributed by atoms with Gasteiger partial charge < -0.3 is 4.90 Å². The third kappa shape index (κ3) is 3.27. The number of hydrogen-bond donors (Lipinski definition) is 0. The molecule has 0 saturated carbocycles. The Morgan fingerprint density at radius 3 is 2.95 bits per heavy atom. The van der Waals surface area contributed by atoms with Crippen LogP contribution in [0.1, 0.15) is 51.1 Å². The summed E-state index contributed by atoms with van der Waals surface area (Å²) in [7, 11) is 2.14. The second-order valence-corrected chi connectivity index (χ2v) is 5.48. The van der Waals surface area contributed by atoms with Crippen LogP contribution in [0.2, 0.25) is 0 Å². The molecule has 19 heavy (non-hydrogen) atoms. The normalized spacial score (nSPS) is 20.5. The van der Waals surface area contributed by atoms with Crippen LogP contribution in [0, 0.1) is 0 Å². The van der Waals surface area contributed by atoms with Crippen molar-refractivity contribution in [2.24, 2.45) is 0 Å². The highest BCUT2D eigenvalue weighted by Crippen LogP contribution is 2.35. The van der Waals surface area contributed by atoms with Crippen molar-refractivity contribution in [3.05, 3.63) is 23.9 Å². The number of nitrogens with zero attached hydrogens (tertiary/aromatic N) is 3. The molecule has 0 bridgehead atoms. The van der Waals surface area contributed by atoms with E-state index in [0.717, 1.165) is 12.4 Å². The zero-order valence-corrected chi connectivity index (χ0v) is 12.6. The Labute approximate surface area is 117 Å². The van der Waals surface area contributed by atoms with Gasteiger partial charge in [-0.2, -0.15) is 0 Å². The van der Waals surface area contributed by atoms with Gasteiger partial charge >= 0.3 is 0 Å². The fourth-order valence-electron chi connectivity index (χ4n) is 3.04. The Hall–Kier alpha value is -1.09. The van der Waals surface area contributed by atoms with Crippen molar-refractivity contribution in [1.82, 2.24) is 9.88 Å². The molecule has 0 radical (unpaired) electrons. The van der Waals surface area contributed by atoms with Crippen molar-refractivity contribution in [2.45, 2.75) is 45.6 Å². The average molecular weight is 261 g/mol. The summed E-state index contributed by atoms with van der Waals surface area (Å²) < 4.78 is 0. The van der Waals surface area contributed by atoms with Crippen LogP contribution < -0.4 is 4.90 Å². The summed E-state index contributed by atoms with van der Waals surface area (Å²) in [4.78, 5) is 9.52. The van der Waals surface area contributed by atoms with Gasteiger partial charge in [0.25, 0.3) is 0 Å². The Bertz CT molecular complexity index is 389. The minimum absolute atomic E-state index is 0.561. The summed E-state index contributed by atoms with van der Waals surface area (Å²) >= 11 is 0. The molecule has 106 valence electrons. The van der Waals surface area contributed by atoms with Gasteiger partial charge in [0.05, 0.1) is 0 Å². The second-order valence-electron chi connectivity index (χ2n) is 5.48. The Balaban J connectivity index is 2.28. The van der Waals surface area contributed by atoms with Crippen molar-refractivity contribution < 1.29 is 0 Å². The van der Waals surface area contributed by atoms with E-state index in [1.807, 2.05) is 6.20 Å². The Kier molecular flexibility index (Phi) is 5.20. The largest absolute Gasteiger partial charge is 0.360 e. The maximum atomic E-state index is 4.62. The summed E-state index contributed by atoms with van der Waals surface area (Å²) in [6, 6.07) is 4.92. The number of hydrogen-bond acceptors (Lipinski definition) is 3. The van der Waals surface area contributed by atoms with Gasteiger partial charge in [-0.05, 0) is 45.3 Å². The van der Waals surface area contributed by atoms with Crippen LogP contribution in [0.5, 0.6) is 0 Å². The summed E-state index contributed by atoms with van der Waals surface area (Å²) in [5.74, 6) is 1.16. The molecule has 3 heteroatoms. The molecular formula is C16H27N3. The van der Waals surface area contributed by atoms with Gasteiger partial charge in [-0.1, -0.05) is 19.4 Å². The Morgan fingerprint density at radius 1 is 1.37 bits per heavy atom. The first-order valence-electron chi connectivity index (χ1n) is 7.68. The van der Waals surface area contributed by atoms with Crippen LogP contribution in [0.4, 0.5) is 5.82 Å². The molecule has 2 heterocycles. The molecule has 1 atom stereocenters. The molecule has 1 aliphatic heterocycles. The summed E-state index contributed by atoms with van der Waals surface area (Å²) in [6.07, 6.45) is 7.11. The van der Waals surface area contributed by atoms with Crippen LogP contribution in [0.25, 0.3) is 0 Å². The van der Waals surface area contributed by atoms with Gasteiger partial charge in [0, 0.05) is 31.4 Å². The van der Waals surface area contributed by atoms with E-state index in [4.69, 9.17) is 0 Å². The lowest BCUT2D eigenvalue weighted by Gasteiger charge is -2.37. The van der Waals surface area contributed by atoms with Crippen molar-refractivity contribution in [3.63, 3.8) is 0 Å². The lowest BCUT2D eigenvalue weighted by Crippen LogP contribution is -2.35. The first-order valence-corrected chi connectivity index (χ1v) is 7.68. The summed E-state index contributed by atoms with van der Waals surface area (Å²) in [5.41, 5.74) is 1.42. The van der Waals surface area contributed by atoms with Gasteiger partial charge in [-0.25, -0.2) is 4.98 Å². The number of rotatable bonds is 5. The smallest absolute Gasteiger partial charge is 0.133 e. The van der Waals surface area contributed by atoms with E-state index in [9.17, 15) is 0 Å². The molecule has 0 N–H and O–H groups in total. The average Bonchev–Trinajstić information content (AvgIpc) is 2.47. The third-order valence-corrected chi connectivity index (χ3v) is 4.14. The van der Waals surface area contributed by atoms with E-state index in [2.05, 4.69) is 47.8 Å².